The fourth-order valence-corrected chi connectivity index (χ4v) is 2.37. The number of rotatable bonds is 6. The number of hydrogen-bond donors (Lipinski definition) is 1. The van der Waals surface area contributed by atoms with E-state index < -0.39 is 10.0 Å². The second-order valence-corrected chi connectivity index (χ2v) is 5.99. The molecule has 16 heavy (non-hydrogen) atoms. The van der Waals surface area contributed by atoms with Gasteiger partial charge in [-0.1, -0.05) is 30.3 Å². The van der Waals surface area contributed by atoms with Crippen LogP contribution in [0.5, 0.6) is 0 Å². The first-order valence-electron chi connectivity index (χ1n) is 5.57. The van der Waals surface area contributed by atoms with Crippen LogP contribution in [0.25, 0.3) is 0 Å². The van der Waals surface area contributed by atoms with E-state index in [-0.39, 0.29) is 11.8 Å². The first kappa shape index (κ1) is 13.2. The quantitative estimate of drug-likeness (QED) is 0.827. The van der Waals surface area contributed by atoms with E-state index in [4.69, 9.17) is 0 Å². The van der Waals surface area contributed by atoms with Gasteiger partial charge in [-0.25, -0.2) is 13.1 Å². The van der Waals surface area contributed by atoms with Gasteiger partial charge in [-0.15, -0.1) is 0 Å². The predicted octanol–water partition coefficient (Wildman–Crippen LogP) is 1.95. The lowest BCUT2D eigenvalue weighted by Crippen LogP contribution is -2.33. The van der Waals surface area contributed by atoms with Crippen molar-refractivity contribution < 1.29 is 8.42 Å². The van der Waals surface area contributed by atoms with Crippen LogP contribution in [0.15, 0.2) is 30.3 Å². The summed E-state index contributed by atoms with van der Waals surface area (Å²) in [5.74, 6) is 0.142. The summed E-state index contributed by atoms with van der Waals surface area (Å²) in [6.07, 6.45) is 1.72. The minimum Gasteiger partial charge on any atom is -0.212 e. The van der Waals surface area contributed by atoms with Crippen molar-refractivity contribution in [3.05, 3.63) is 35.9 Å². The van der Waals surface area contributed by atoms with Gasteiger partial charge in [0.15, 0.2) is 0 Å². The van der Waals surface area contributed by atoms with Crippen LogP contribution in [-0.4, -0.2) is 20.2 Å². The maximum Gasteiger partial charge on any atom is 0.211 e. The molecule has 0 radical (unpaired) electrons. The first-order valence-corrected chi connectivity index (χ1v) is 7.22. The minimum atomic E-state index is -3.07. The van der Waals surface area contributed by atoms with Crippen LogP contribution in [-0.2, 0) is 16.4 Å². The molecule has 1 atom stereocenters. The molecule has 0 saturated carbocycles. The van der Waals surface area contributed by atoms with Gasteiger partial charge in [0.05, 0.1) is 5.75 Å². The van der Waals surface area contributed by atoms with E-state index in [0.717, 1.165) is 12.8 Å². The lowest BCUT2D eigenvalue weighted by atomic mass is 10.1. The van der Waals surface area contributed by atoms with Crippen LogP contribution in [0.3, 0.4) is 0 Å². The van der Waals surface area contributed by atoms with Crippen LogP contribution in [0, 0.1) is 0 Å². The zero-order valence-electron chi connectivity index (χ0n) is 9.81. The Morgan fingerprint density at radius 3 is 2.44 bits per heavy atom. The van der Waals surface area contributed by atoms with Gasteiger partial charge in [-0.05, 0) is 32.3 Å². The summed E-state index contributed by atoms with van der Waals surface area (Å²) < 4.78 is 25.3. The molecule has 0 bridgehead atoms. The maximum atomic E-state index is 11.3. The Bertz CT molecular complexity index is 400. The van der Waals surface area contributed by atoms with Crippen molar-refractivity contribution in [1.82, 2.24) is 4.72 Å². The summed E-state index contributed by atoms with van der Waals surface area (Å²) in [6, 6.07) is 10.1. The molecule has 0 spiro atoms. The van der Waals surface area contributed by atoms with E-state index in [1.165, 1.54) is 5.56 Å². The molecule has 90 valence electrons. The Labute approximate surface area is 97.9 Å². The molecule has 0 aliphatic heterocycles. The van der Waals surface area contributed by atoms with E-state index in [2.05, 4.69) is 16.9 Å². The van der Waals surface area contributed by atoms with E-state index in [1.54, 1.807) is 6.92 Å². The van der Waals surface area contributed by atoms with Gasteiger partial charge in [0, 0.05) is 6.04 Å². The summed E-state index contributed by atoms with van der Waals surface area (Å²) in [4.78, 5) is 0. The summed E-state index contributed by atoms with van der Waals surface area (Å²) in [5.41, 5.74) is 1.24. The van der Waals surface area contributed by atoms with Crippen LogP contribution < -0.4 is 4.72 Å². The Hall–Kier alpha value is -0.870. The average molecular weight is 241 g/mol. The average Bonchev–Trinajstić information content (AvgIpc) is 2.27. The molecule has 3 nitrogen and oxygen atoms in total. The monoisotopic (exact) mass is 241 g/mol. The highest BCUT2D eigenvalue weighted by molar-refractivity contribution is 7.89. The largest absolute Gasteiger partial charge is 0.212 e. The van der Waals surface area contributed by atoms with Gasteiger partial charge in [-0.2, -0.15) is 0 Å². The number of aryl methyl sites for hydroxylation is 1. The molecule has 0 fully saturated rings. The van der Waals surface area contributed by atoms with Gasteiger partial charge in [0.2, 0.25) is 10.0 Å². The molecule has 1 rings (SSSR count). The standard InChI is InChI=1S/C12H19NO2S/c1-3-16(14,15)13-11(2)9-10-12-7-5-4-6-8-12/h4-8,11,13H,3,9-10H2,1-2H3/t11-/m0/s1. The van der Waals surface area contributed by atoms with Gasteiger partial charge < -0.3 is 0 Å². The third-order valence-electron chi connectivity index (χ3n) is 2.47. The fourth-order valence-electron chi connectivity index (χ4n) is 1.48. The first-order chi connectivity index (χ1) is 7.53. The molecule has 4 heteroatoms. The van der Waals surface area contributed by atoms with Gasteiger partial charge in [0.1, 0.15) is 0 Å². The number of nitrogens with one attached hydrogen (secondary N) is 1. The number of sulfonamides is 1. The summed E-state index contributed by atoms with van der Waals surface area (Å²) >= 11 is 0. The molecular formula is C12H19NO2S. The van der Waals surface area contributed by atoms with E-state index in [9.17, 15) is 8.42 Å². The molecule has 0 unspecified atom stereocenters. The molecule has 1 N–H and O–H groups in total. The van der Waals surface area contributed by atoms with E-state index in [1.807, 2.05) is 25.1 Å². The second kappa shape index (κ2) is 6.01. The Kier molecular flexibility index (Phi) is 4.96. The SMILES string of the molecule is CCS(=O)(=O)N[C@@H](C)CCc1ccccc1. The van der Waals surface area contributed by atoms with Crippen LogP contribution in [0.4, 0.5) is 0 Å². The lowest BCUT2D eigenvalue weighted by molar-refractivity contribution is 0.548. The molecule has 0 aliphatic carbocycles. The van der Waals surface area contributed by atoms with Crippen molar-refractivity contribution in [1.29, 1.82) is 0 Å². The Balaban J connectivity index is 2.39. The zero-order chi connectivity index (χ0) is 12.0. The van der Waals surface area contributed by atoms with Crippen molar-refractivity contribution in [2.45, 2.75) is 32.7 Å². The highest BCUT2D eigenvalue weighted by Gasteiger charge is 2.11. The van der Waals surface area contributed by atoms with Crippen molar-refractivity contribution in [3.8, 4) is 0 Å². The van der Waals surface area contributed by atoms with E-state index in [0.29, 0.717) is 0 Å². The number of benzene rings is 1. The van der Waals surface area contributed by atoms with Crippen molar-refractivity contribution in [2.24, 2.45) is 0 Å². The van der Waals surface area contributed by atoms with Crippen LogP contribution in [0.2, 0.25) is 0 Å². The van der Waals surface area contributed by atoms with Gasteiger partial charge in [-0.3, -0.25) is 0 Å². The molecule has 0 amide bonds. The summed E-state index contributed by atoms with van der Waals surface area (Å²) in [5, 5.41) is 0. The smallest absolute Gasteiger partial charge is 0.211 e. The van der Waals surface area contributed by atoms with Gasteiger partial charge in [0.25, 0.3) is 0 Å². The summed E-state index contributed by atoms with van der Waals surface area (Å²) in [6.45, 7) is 3.54. The third-order valence-corrected chi connectivity index (χ3v) is 3.99. The lowest BCUT2D eigenvalue weighted by Gasteiger charge is -2.13. The molecule has 0 aliphatic rings. The van der Waals surface area contributed by atoms with Crippen molar-refractivity contribution in [3.63, 3.8) is 0 Å². The summed E-state index contributed by atoms with van der Waals surface area (Å²) in [7, 11) is -3.07. The predicted molar refractivity (Wildman–Crippen MR) is 66.8 cm³/mol. The Morgan fingerprint density at radius 1 is 1.25 bits per heavy atom. The molecule has 1 aromatic rings. The topological polar surface area (TPSA) is 46.2 Å². The number of hydrogen-bond acceptors (Lipinski definition) is 2. The molecule has 1 aromatic carbocycles. The van der Waals surface area contributed by atoms with Crippen molar-refractivity contribution in [2.75, 3.05) is 5.75 Å². The molecular weight excluding hydrogens is 222 g/mol. The molecule has 0 heterocycles. The highest BCUT2D eigenvalue weighted by atomic mass is 32.2. The highest BCUT2D eigenvalue weighted by Crippen LogP contribution is 2.05. The maximum absolute atomic E-state index is 11.3. The second-order valence-electron chi connectivity index (χ2n) is 3.95. The zero-order valence-corrected chi connectivity index (χ0v) is 10.6. The molecule has 0 aromatic heterocycles. The van der Waals surface area contributed by atoms with E-state index >= 15 is 0 Å². The fraction of sp³-hybridized carbons (Fsp3) is 0.500. The van der Waals surface area contributed by atoms with Gasteiger partial charge >= 0.3 is 0 Å². The Morgan fingerprint density at radius 2 is 1.88 bits per heavy atom. The normalized spacial score (nSPS) is 13.6. The van der Waals surface area contributed by atoms with Crippen LogP contribution in [0.1, 0.15) is 25.8 Å². The van der Waals surface area contributed by atoms with Crippen molar-refractivity contribution >= 4 is 10.0 Å². The minimum absolute atomic E-state index is 0.00911. The molecule has 0 saturated heterocycles. The third kappa shape index (κ3) is 4.77. The van der Waals surface area contributed by atoms with Crippen LogP contribution >= 0.6 is 0 Å².